The lowest BCUT2D eigenvalue weighted by atomic mass is 10.1. The zero-order valence-corrected chi connectivity index (χ0v) is 12.7. The molecule has 3 nitrogen and oxygen atoms in total. The molecule has 0 bridgehead atoms. The number of ketones is 1. The van der Waals surface area contributed by atoms with Crippen molar-refractivity contribution < 1.29 is 4.79 Å². The van der Waals surface area contributed by atoms with E-state index in [2.05, 4.69) is 23.4 Å². The maximum Gasteiger partial charge on any atom is 0.182 e. The van der Waals surface area contributed by atoms with Gasteiger partial charge in [0.1, 0.15) is 0 Å². The molecule has 0 saturated heterocycles. The summed E-state index contributed by atoms with van der Waals surface area (Å²) < 4.78 is 2.19. The van der Waals surface area contributed by atoms with Crippen molar-refractivity contribution in [2.45, 2.75) is 39.6 Å². The maximum atomic E-state index is 12.0. The first-order valence-corrected chi connectivity index (χ1v) is 6.85. The van der Waals surface area contributed by atoms with Gasteiger partial charge in [-0.1, -0.05) is 6.92 Å². The Morgan fingerprint density at radius 2 is 2.11 bits per heavy atom. The average molecular weight is 271 g/mol. The van der Waals surface area contributed by atoms with E-state index >= 15 is 0 Å². The van der Waals surface area contributed by atoms with E-state index in [1.54, 1.807) is 6.92 Å². The first-order chi connectivity index (χ1) is 8.38. The van der Waals surface area contributed by atoms with E-state index in [1.807, 2.05) is 19.9 Å². The average Bonchev–Trinajstić information content (AvgIpc) is 2.61. The summed E-state index contributed by atoms with van der Waals surface area (Å²) in [6.45, 7) is 10.8. The largest absolute Gasteiger partial charge is 0.347 e. The molecule has 0 aliphatic heterocycles. The van der Waals surface area contributed by atoms with Gasteiger partial charge in [-0.3, -0.25) is 4.79 Å². The molecule has 0 amide bonds. The summed E-state index contributed by atoms with van der Waals surface area (Å²) in [5.74, 6) is 0.0138. The van der Waals surface area contributed by atoms with Crippen molar-refractivity contribution in [1.29, 1.82) is 0 Å². The lowest BCUT2D eigenvalue weighted by Gasteiger charge is -2.16. The molecule has 0 aliphatic carbocycles. The first-order valence-electron chi connectivity index (χ1n) is 6.42. The van der Waals surface area contributed by atoms with Crippen molar-refractivity contribution in [3.05, 3.63) is 23.0 Å². The number of likely N-dealkylation sites (N-methyl/N-ethyl adjacent to an activating group) is 1. The number of alkyl halides is 1. The number of rotatable bonds is 6. The Balaban J connectivity index is 2.91. The summed E-state index contributed by atoms with van der Waals surface area (Å²) in [6.07, 6.45) is 0. The van der Waals surface area contributed by atoms with Crippen LogP contribution in [0, 0.1) is 13.8 Å². The molecular formula is C14H23ClN2O. The van der Waals surface area contributed by atoms with Crippen LogP contribution in [-0.4, -0.2) is 40.8 Å². The topological polar surface area (TPSA) is 25.2 Å². The molecule has 0 N–H and O–H groups in total. The fourth-order valence-electron chi connectivity index (χ4n) is 2.04. The van der Waals surface area contributed by atoms with Crippen LogP contribution in [0.3, 0.4) is 0 Å². The number of aromatic nitrogens is 1. The minimum atomic E-state index is -0.461. The summed E-state index contributed by atoms with van der Waals surface area (Å²) in [7, 11) is 2.10. The predicted octanol–water partition coefficient (Wildman–Crippen LogP) is 2.87. The van der Waals surface area contributed by atoms with Crippen molar-refractivity contribution in [2.24, 2.45) is 0 Å². The van der Waals surface area contributed by atoms with Gasteiger partial charge in [0, 0.05) is 30.0 Å². The highest BCUT2D eigenvalue weighted by Crippen LogP contribution is 2.18. The molecule has 1 atom stereocenters. The fraction of sp³-hybridized carbons (Fsp3) is 0.643. The molecule has 18 heavy (non-hydrogen) atoms. The first kappa shape index (κ1) is 15.3. The van der Waals surface area contributed by atoms with Crippen molar-refractivity contribution in [1.82, 2.24) is 9.47 Å². The van der Waals surface area contributed by atoms with E-state index in [-0.39, 0.29) is 5.78 Å². The van der Waals surface area contributed by atoms with Gasteiger partial charge in [-0.05, 0) is 40.4 Å². The third-order valence-corrected chi connectivity index (χ3v) is 3.64. The van der Waals surface area contributed by atoms with Crippen LogP contribution < -0.4 is 0 Å². The molecule has 1 heterocycles. The van der Waals surface area contributed by atoms with Crippen LogP contribution >= 0.6 is 11.6 Å². The molecule has 1 rings (SSSR count). The Morgan fingerprint density at radius 1 is 1.50 bits per heavy atom. The van der Waals surface area contributed by atoms with E-state index < -0.39 is 5.38 Å². The monoisotopic (exact) mass is 270 g/mol. The van der Waals surface area contributed by atoms with Gasteiger partial charge in [-0.25, -0.2) is 0 Å². The van der Waals surface area contributed by atoms with Gasteiger partial charge in [0.15, 0.2) is 5.78 Å². The maximum absolute atomic E-state index is 12.0. The third-order valence-electron chi connectivity index (χ3n) is 3.45. The lowest BCUT2D eigenvalue weighted by Crippen LogP contribution is -2.23. The molecule has 0 aliphatic rings. The van der Waals surface area contributed by atoms with Gasteiger partial charge in [0.05, 0.1) is 5.38 Å². The van der Waals surface area contributed by atoms with E-state index in [0.717, 1.165) is 36.6 Å². The van der Waals surface area contributed by atoms with Gasteiger partial charge in [0.2, 0.25) is 0 Å². The Labute approximate surface area is 115 Å². The predicted molar refractivity (Wildman–Crippen MR) is 76.7 cm³/mol. The molecule has 1 aromatic heterocycles. The number of Topliss-reactive ketones (excluding diaryl/α,β-unsaturated/α-hetero) is 1. The Morgan fingerprint density at radius 3 is 2.61 bits per heavy atom. The van der Waals surface area contributed by atoms with Crippen LogP contribution in [0.4, 0.5) is 0 Å². The number of hydrogen-bond acceptors (Lipinski definition) is 2. The van der Waals surface area contributed by atoms with Crippen molar-refractivity contribution >= 4 is 17.4 Å². The number of carbonyl (C=O) groups excluding carboxylic acids is 1. The molecule has 0 aromatic carbocycles. The van der Waals surface area contributed by atoms with E-state index in [0.29, 0.717) is 0 Å². The van der Waals surface area contributed by atoms with Gasteiger partial charge in [-0.15, -0.1) is 11.6 Å². The van der Waals surface area contributed by atoms with Crippen LogP contribution in [-0.2, 0) is 6.54 Å². The van der Waals surface area contributed by atoms with Crippen molar-refractivity contribution in [2.75, 3.05) is 20.1 Å². The van der Waals surface area contributed by atoms with Crippen LogP contribution in [0.25, 0.3) is 0 Å². The van der Waals surface area contributed by atoms with Gasteiger partial charge < -0.3 is 9.47 Å². The second-order valence-electron chi connectivity index (χ2n) is 4.81. The van der Waals surface area contributed by atoms with Crippen molar-refractivity contribution in [3.63, 3.8) is 0 Å². The van der Waals surface area contributed by atoms with E-state index in [1.165, 1.54) is 0 Å². The SMILES string of the molecule is CCN(C)CCn1c(C)cc(C(=O)C(C)Cl)c1C. The number of carbonyl (C=O) groups is 1. The summed E-state index contributed by atoms with van der Waals surface area (Å²) >= 11 is 5.88. The number of hydrogen-bond donors (Lipinski definition) is 0. The van der Waals surface area contributed by atoms with Crippen LogP contribution in [0.1, 0.15) is 35.6 Å². The van der Waals surface area contributed by atoms with Gasteiger partial charge >= 0.3 is 0 Å². The van der Waals surface area contributed by atoms with Crippen molar-refractivity contribution in [3.8, 4) is 0 Å². The highest BCUT2D eigenvalue weighted by Gasteiger charge is 2.19. The second kappa shape index (κ2) is 6.39. The Kier molecular flexibility index (Phi) is 5.42. The summed E-state index contributed by atoms with van der Waals surface area (Å²) in [5.41, 5.74) is 2.90. The fourth-order valence-corrected chi connectivity index (χ4v) is 2.16. The summed E-state index contributed by atoms with van der Waals surface area (Å²) in [4.78, 5) is 14.2. The Hall–Kier alpha value is -0.800. The summed E-state index contributed by atoms with van der Waals surface area (Å²) in [5, 5.41) is -0.461. The zero-order chi connectivity index (χ0) is 13.9. The van der Waals surface area contributed by atoms with Crippen LogP contribution in [0.5, 0.6) is 0 Å². The van der Waals surface area contributed by atoms with E-state index in [4.69, 9.17) is 11.6 Å². The number of nitrogens with zero attached hydrogens (tertiary/aromatic N) is 2. The molecule has 1 unspecified atom stereocenters. The normalized spacial score (nSPS) is 13.1. The molecule has 0 radical (unpaired) electrons. The number of aryl methyl sites for hydroxylation is 1. The smallest absolute Gasteiger partial charge is 0.182 e. The molecule has 0 spiro atoms. The van der Waals surface area contributed by atoms with Crippen LogP contribution in [0.15, 0.2) is 6.07 Å². The standard InChI is InChI=1S/C14H23ClN2O/c1-6-16(5)7-8-17-10(2)9-13(12(17)4)14(18)11(3)15/h9,11H,6-8H2,1-5H3. The number of halogens is 1. The molecule has 0 fully saturated rings. The molecule has 4 heteroatoms. The highest BCUT2D eigenvalue weighted by molar-refractivity contribution is 6.33. The minimum Gasteiger partial charge on any atom is -0.347 e. The van der Waals surface area contributed by atoms with E-state index in [9.17, 15) is 4.79 Å². The Bertz CT molecular complexity index is 424. The molecule has 0 saturated carbocycles. The molecular weight excluding hydrogens is 248 g/mol. The third kappa shape index (κ3) is 3.36. The second-order valence-corrected chi connectivity index (χ2v) is 5.47. The quantitative estimate of drug-likeness (QED) is 0.587. The zero-order valence-electron chi connectivity index (χ0n) is 12.0. The highest BCUT2D eigenvalue weighted by atomic mass is 35.5. The van der Waals surface area contributed by atoms with Gasteiger partial charge in [0.25, 0.3) is 0 Å². The molecule has 102 valence electrons. The van der Waals surface area contributed by atoms with Crippen LogP contribution in [0.2, 0.25) is 0 Å². The molecule has 1 aromatic rings. The summed E-state index contributed by atoms with van der Waals surface area (Å²) in [6, 6.07) is 1.95. The lowest BCUT2D eigenvalue weighted by molar-refractivity contribution is 0.0991. The minimum absolute atomic E-state index is 0.0138. The van der Waals surface area contributed by atoms with Gasteiger partial charge in [-0.2, -0.15) is 0 Å².